The van der Waals surface area contributed by atoms with Gasteiger partial charge in [-0.3, -0.25) is 0 Å². The average Bonchev–Trinajstić information content (AvgIpc) is 2.63. The maximum atomic E-state index is 9.48. The average molecular weight is 319 g/mol. The van der Waals surface area contributed by atoms with Gasteiger partial charge >= 0.3 is 0 Å². The largest absolute Gasteiger partial charge is 0.413 e. The first kappa shape index (κ1) is 19.1. The van der Waals surface area contributed by atoms with E-state index in [0.29, 0.717) is 23.2 Å². The fraction of sp³-hybridized carbons (Fsp3) is 1.00. The Hall–Kier alpha value is 0.0569. The van der Waals surface area contributed by atoms with Gasteiger partial charge in [-0.1, -0.05) is 41.5 Å². The van der Waals surface area contributed by atoms with Crippen LogP contribution in [0.5, 0.6) is 0 Å². The molecule has 1 aliphatic heterocycles. The van der Waals surface area contributed by atoms with Crippen LogP contribution in [0.25, 0.3) is 0 Å². The summed E-state index contributed by atoms with van der Waals surface area (Å²) in [5, 5.41) is 9.48. The summed E-state index contributed by atoms with van der Waals surface area (Å²) >= 11 is 0. The van der Waals surface area contributed by atoms with Crippen LogP contribution in [0, 0.1) is 0 Å². The van der Waals surface area contributed by atoms with E-state index in [1.165, 1.54) is 0 Å². The number of rotatable bonds is 7. The van der Waals surface area contributed by atoms with Crippen LogP contribution in [0.2, 0.25) is 16.6 Å². The van der Waals surface area contributed by atoms with Gasteiger partial charge in [0.15, 0.2) is 14.1 Å². The summed E-state index contributed by atoms with van der Waals surface area (Å²) in [6, 6.07) is 0. The highest BCUT2D eigenvalue weighted by Gasteiger charge is 2.47. The van der Waals surface area contributed by atoms with Gasteiger partial charge in [0.2, 0.25) is 0 Å². The van der Waals surface area contributed by atoms with Crippen molar-refractivity contribution in [2.24, 2.45) is 0 Å². The van der Waals surface area contributed by atoms with E-state index >= 15 is 0 Å². The zero-order chi connectivity index (χ0) is 16.4. The second-order valence-electron chi connectivity index (χ2n) is 7.52. The maximum absolute atomic E-state index is 9.48. The Balaban J connectivity index is 2.82. The summed E-state index contributed by atoms with van der Waals surface area (Å²) in [5.74, 6) is -0.640. The van der Waals surface area contributed by atoms with Crippen LogP contribution in [-0.2, 0) is 13.9 Å². The van der Waals surface area contributed by atoms with Crippen LogP contribution in [0.1, 0.15) is 55.4 Å². The molecule has 0 spiro atoms. The number of hydrogen-bond donors (Lipinski definition) is 1. The van der Waals surface area contributed by atoms with Crippen molar-refractivity contribution >= 4 is 8.32 Å². The van der Waals surface area contributed by atoms with Crippen molar-refractivity contribution in [2.75, 3.05) is 13.2 Å². The van der Waals surface area contributed by atoms with Crippen molar-refractivity contribution < 1.29 is 19.0 Å². The molecule has 0 aromatic rings. The lowest BCUT2D eigenvalue weighted by molar-refractivity contribution is -0.151. The van der Waals surface area contributed by atoms with Crippen LogP contribution < -0.4 is 0 Å². The van der Waals surface area contributed by atoms with Gasteiger partial charge in [0, 0.05) is 0 Å². The Labute approximate surface area is 131 Å². The van der Waals surface area contributed by atoms with Crippen molar-refractivity contribution in [3.8, 4) is 0 Å². The first-order valence-corrected chi connectivity index (χ1v) is 10.3. The Morgan fingerprint density at radius 3 is 1.76 bits per heavy atom. The highest BCUT2D eigenvalue weighted by molar-refractivity contribution is 6.77. The Morgan fingerprint density at radius 2 is 1.38 bits per heavy atom. The lowest BCUT2D eigenvalue weighted by Gasteiger charge is -2.42. The predicted molar refractivity (Wildman–Crippen MR) is 87.9 cm³/mol. The Kier molecular flexibility index (Phi) is 6.45. The van der Waals surface area contributed by atoms with Gasteiger partial charge in [0.25, 0.3) is 0 Å². The summed E-state index contributed by atoms with van der Waals surface area (Å²) in [6.07, 6.45) is -0.480. The third-order valence-electron chi connectivity index (χ3n) is 4.67. The van der Waals surface area contributed by atoms with Gasteiger partial charge in [0.1, 0.15) is 12.2 Å². The Bertz CT molecular complexity index is 306. The summed E-state index contributed by atoms with van der Waals surface area (Å²) in [7, 11) is -1.90. The van der Waals surface area contributed by atoms with Crippen LogP contribution in [0.4, 0.5) is 0 Å². The molecule has 0 bridgehead atoms. The van der Waals surface area contributed by atoms with Crippen molar-refractivity contribution in [1.29, 1.82) is 0 Å². The molecular formula is C16H34O4Si. The molecule has 126 valence electrons. The number of aliphatic hydroxyl groups is 1. The molecule has 0 aromatic heterocycles. The molecule has 4 nitrogen and oxygen atoms in total. The second kappa shape index (κ2) is 7.09. The summed E-state index contributed by atoms with van der Waals surface area (Å²) in [6.45, 7) is 17.9. The van der Waals surface area contributed by atoms with Gasteiger partial charge in [0.05, 0.1) is 13.2 Å². The van der Waals surface area contributed by atoms with Crippen LogP contribution in [-0.4, -0.2) is 44.6 Å². The van der Waals surface area contributed by atoms with E-state index < -0.39 is 14.1 Å². The standard InChI is InChI=1S/C16H34O4Si/c1-11(2)21(12(3)4,13(5)6)18-10-15-14(9-17)19-16(7,8)20-15/h11-15,17H,9-10H2,1-8H3/t14-,15+/m1/s1. The van der Waals surface area contributed by atoms with Crippen molar-refractivity contribution in [1.82, 2.24) is 0 Å². The van der Waals surface area contributed by atoms with Crippen LogP contribution in [0.3, 0.4) is 0 Å². The van der Waals surface area contributed by atoms with Crippen molar-refractivity contribution in [3.63, 3.8) is 0 Å². The fourth-order valence-corrected chi connectivity index (χ4v) is 9.38. The minimum Gasteiger partial charge on any atom is -0.413 e. The topological polar surface area (TPSA) is 47.9 Å². The molecular weight excluding hydrogens is 284 g/mol. The van der Waals surface area contributed by atoms with Gasteiger partial charge in [-0.05, 0) is 30.5 Å². The van der Waals surface area contributed by atoms with Gasteiger partial charge in [-0.15, -0.1) is 0 Å². The van der Waals surface area contributed by atoms with Crippen molar-refractivity contribution in [2.45, 2.75) is 90.0 Å². The quantitative estimate of drug-likeness (QED) is 0.727. The molecule has 0 unspecified atom stereocenters. The molecule has 0 amide bonds. The highest BCUT2D eigenvalue weighted by Crippen LogP contribution is 2.43. The summed E-state index contributed by atoms with van der Waals surface area (Å²) in [5.41, 5.74) is 1.63. The third kappa shape index (κ3) is 4.08. The van der Waals surface area contributed by atoms with E-state index in [2.05, 4.69) is 41.5 Å². The molecule has 1 saturated heterocycles. The molecule has 1 rings (SSSR count). The number of ether oxygens (including phenoxy) is 2. The molecule has 1 heterocycles. The van der Waals surface area contributed by atoms with Crippen molar-refractivity contribution in [3.05, 3.63) is 0 Å². The normalized spacial score (nSPS) is 26.3. The number of hydrogen-bond acceptors (Lipinski definition) is 4. The molecule has 1 aliphatic rings. The minimum absolute atomic E-state index is 0.0307. The zero-order valence-electron chi connectivity index (χ0n) is 15.0. The second-order valence-corrected chi connectivity index (χ2v) is 13.0. The molecule has 5 heteroatoms. The SMILES string of the molecule is CC(C)[Si](OC[C@@H]1OC(C)(C)O[C@@H]1CO)(C(C)C)C(C)C. The van der Waals surface area contributed by atoms with E-state index in [4.69, 9.17) is 13.9 Å². The molecule has 0 aliphatic carbocycles. The molecule has 0 saturated carbocycles. The number of aliphatic hydroxyl groups excluding tert-OH is 1. The minimum atomic E-state index is -1.90. The van der Waals surface area contributed by atoms with E-state index in [9.17, 15) is 5.11 Å². The summed E-state index contributed by atoms with van der Waals surface area (Å²) in [4.78, 5) is 0. The van der Waals surface area contributed by atoms with Gasteiger partial charge in [-0.2, -0.15) is 0 Å². The van der Waals surface area contributed by atoms with E-state index in [1.54, 1.807) is 0 Å². The monoisotopic (exact) mass is 318 g/mol. The van der Waals surface area contributed by atoms with Crippen LogP contribution in [0.15, 0.2) is 0 Å². The smallest absolute Gasteiger partial charge is 0.200 e. The van der Waals surface area contributed by atoms with Gasteiger partial charge < -0.3 is 19.0 Å². The van der Waals surface area contributed by atoms with E-state index in [1.807, 2.05) is 13.8 Å². The lowest BCUT2D eigenvalue weighted by Crippen LogP contribution is -2.50. The third-order valence-corrected chi connectivity index (χ3v) is 10.8. The van der Waals surface area contributed by atoms with E-state index in [-0.39, 0.29) is 18.8 Å². The lowest BCUT2D eigenvalue weighted by atomic mass is 10.2. The molecule has 1 fully saturated rings. The van der Waals surface area contributed by atoms with Crippen LogP contribution >= 0.6 is 0 Å². The molecule has 1 N–H and O–H groups in total. The fourth-order valence-electron chi connectivity index (χ4n) is 3.93. The molecule has 21 heavy (non-hydrogen) atoms. The van der Waals surface area contributed by atoms with Gasteiger partial charge in [-0.25, -0.2) is 0 Å². The van der Waals surface area contributed by atoms with E-state index in [0.717, 1.165) is 0 Å². The maximum Gasteiger partial charge on any atom is 0.200 e. The first-order valence-electron chi connectivity index (χ1n) is 8.17. The Morgan fingerprint density at radius 1 is 0.952 bits per heavy atom. The summed E-state index contributed by atoms with van der Waals surface area (Å²) < 4.78 is 18.2. The highest BCUT2D eigenvalue weighted by atomic mass is 28.4. The molecule has 0 aromatic carbocycles. The predicted octanol–water partition coefficient (Wildman–Crippen LogP) is 3.69. The first-order chi connectivity index (χ1) is 9.56. The molecule has 2 atom stereocenters. The molecule has 0 radical (unpaired) electrons. The zero-order valence-corrected chi connectivity index (χ0v) is 16.0.